The third-order valence-electron chi connectivity index (χ3n) is 4.78. The Hall–Kier alpha value is -3.15. The number of hydrogen-bond acceptors (Lipinski definition) is 5. The molecule has 0 saturated carbocycles. The maximum Gasteiger partial charge on any atom is 0.259 e. The molecule has 0 atom stereocenters. The number of nitrogens with zero attached hydrogens (tertiary/aromatic N) is 3. The fourth-order valence-corrected chi connectivity index (χ4v) is 3.41. The van der Waals surface area contributed by atoms with Crippen molar-refractivity contribution in [3.05, 3.63) is 59.5 Å². The lowest BCUT2D eigenvalue weighted by Crippen LogP contribution is -2.19. The number of carbonyl (C=O) groups excluding carboxylic acids is 1. The summed E-state index contributed by atoms with van der Waals surface area (Å²) in [5.41, 5.74) is 2.95. The summed E-state index contributed by atoms with van der Waals surface area (Å²) in [4.78, 5) is 14.7. The Labute approximate surface area is 158 Å². The Balaban J connectivity index is 1.52. The summed E-state index contributed by atoms with van der Waals surface area (Å²) in [6.45, 7) is 5.70. The van der Waals surface area contributed by atoms with Crippen LogP contribution in [0.5, 0.6) is 0 Å². The van der Waals surface area contributed by atoms with Crippen LogP contribution >= 0.6 is 0 Å². The van der Waals surface area contributed by atoms with Crippen molar-refractivity contribution in [2.45, 2.75) is 26.7 Å². The fraction of sp³-hybridized carbons (Fsp3) is 0.286. The minimum Gasteiger partial charge on any atom is -0.466 e. The number of aryl methyl sites for hydroxylation is 2. The highest BCUT2D eigenvalue weighted by molar-refractivity contribution is 6.05. The van der Waals surface area contributed by atoms with Crippen molar-refractivity contribution < 1.29 is 9.21 Å². The van der Waals surface area contributed by atoms with Crippen LogP contribution in [0.25, 0.3) is 11.3 Å². The van der Waals surface area contributed by atoms with E-state index in [9.17, 15) is 4.79 Å². The standard InChI is InChI=1S/C21H22N4O2/c1-14-12-18(15(2)27-14)21(26)22-17-7-5-6-16(13-17)19-8-9-20(24-23-19)25-10-3-4-11-25/h5-9,12-13H,3-4,10-11H2,1-2H3,(H,22,26). The molecular weight excluding hydrogens is 340 g/mol. The molecule has 3 heterocycles. The Morgan fingerprint density at radius 2 is 1.89 bits per heavy atom. The molecule has 0 spiro atoms. The number of benzene rings is 1. The van der Waals surface area contributed by atoms with Gasteiger partial charge in [-0.1, -0.05) is 12.1 Å². The molecule has 1 amide bonds. The molecule has 6 heteroatoms. The predicted octanol–water partition coefficient (Wildman–Crippen LogP) is 4.21. The van der Waals surface area contributed by atoms with Crippen molar-refractivity contribution in [3.63, 3.8) is 0 Å². The molecule has 0 bridgehead atoms. The molecule has 1 aliphatic rings. The van der Waals surface area contributed by atoms with Crippen molar-refractivity contribution in [3.8, 4) is 11.3 Å². The van der Waals surface area contributed by atoms with Crippen molar-refractivity contribution >= 4 is 17.4 Å². The second-order valence-corrected chi connectivity index (χ2v) is 6.83. The summed E-state index contributed by atoms with van der Waals surface area (Å²) < 4.78 is 5.44. The molecule has 1 N–H and O–H groups in total. The number of rotatable bonds is 4. The average Bonchev–Trinajstić information content (AvgIpc) is 3.32. The second-order valence-electron chi connectivity index (χ2n) is 6.83. The van der Waals surface area contributed by atoms with E-state index >= 15 is 0 Å². The summed E-state index contributed by atoms with van der Waals surface area (Å²) in [7, 11) is 0. The molecule has 0 radical (unpaired) electrons. The molecule has 6 nitrogen and oxygen atoms in total. The van der Waals surface area contributed by atoms with Gasteiger partial charge in [-0.25, -0.2) is 0 Å². The number of carbonyl (C=O) groups is 1. The Bertz CT molecular complexity index is 957. The maximum absolute atomic E-state index is 12.5. The highest BCUT2D eigenvalue weighted by Crippen LogP contribution is 2.24. The molecule has 1 saturated heterocycles. The van der Waals surface area contributed by atoms with Crippen molar-refractivity contribution in [1.29, 1.82) is 0 Å². The molecule has 138 valence electrons. The van der Waals surface area contributed by atoms with Crippen molar-refractivity contribution in [2.75, 3.05) is 23.3 Å². The molecule has 4 rings (SSSR count). The number of aromatic nitrogens is 2. The molecule has 0 aliphatic carbocycles. The number of amides is 1. The molecular formula is C21H22N4O2. The first-order valence-electron chi connectivity index (χ1n) is 9.18. The zero-order valence-electron chi connectivity index (χ0n) is 15.5. The number of hydrogen-bond donors (Lipinski definition) is 1. The molecule has 27 heavy (non-hydrogen) atoms. The number of anilines is 2. The van der Waals surface area contributed by atoms with Gasteiger partial charge in [0.05, 0.1) is 11.3 Å². The lowest BCUT2D eigenvalue weighted by Gasteiger charge is -2.15. The Morgan fingerprint density at radius 3 is 2.56 bits per heavy atom. The number of furan rings is 1. The van der Waals surface area contributed by atoms with Gasteiger partial charge < -0.3 is 14.6 Å². The lowest BCUT2D eigenvalue weighted by molar-refractivity contribution is 0.102. The van der Waals surface area contributed by atoms with Crippen LogP contribution in [0.4, 0.5) is 11.5 Å². The van der Waals surface area contributed by atoms with Crippen molar-refractivity contribution in [1.82, 2.24) is 10.2 Å². The zero-order chi connectivity index (χ0) is 18.8. The van der Waals surface area contributed by atoms with Crippen LogP contribution < -0.4 is 10.2 Å². The minimum absolute atomic E-state index is 0.183. The van der Waals surface area contributed by atoms with Crippen LogP contribution in [-0.2, 0) is 0 Å². The quantitative estimate of drug-likeness (QED) is 0.753. The van der Waals surface area contributed by atoms with Gasteiger partial charge in [0.15, 0.2) is 5.82 Å². The maximum atomic E-state index is 12.5. The summed E-state index contributed by atoms with van der Waals surface area (Å²) >= 11 is 0. The largest absolute Gasteiger partial charge is 0.466 e. The fourth-order valence-electron chi connectivity index (χ4n) is 3.41. The van der Waals surface area contributed by atoms with E-state index in [1.54, 1.807) is 13.0 Å². The van der Waals surface area contributed by atoms with E-state index in [1.807, 2.05) is 43.3 Å². The molecule has 1 aromatic carbocycles. The first-order valence-corrected chi connectivity index (χ1v) is 9.18. The van der Waals surface area contributed by atoms with Gasteiger partial charge in [0.1, 0.15) is 11.5 Å². The monoisotopic (exact) mass is 362 g/mol. The molecule has 2 aromatic heterocycles. The van der Waals surface area contributed by atoms with Gasteiger partial charge in [-0.05, 0) is 57.0 Å². The predicted molar refractivity (Wildman–Crippen MR) is 105 cm³/mol. The summed E-state index contributed by atoms with van der Waals surface area (Å²) in [5, 5.41) is 11.7. The second kappa shape index (κ2) is 7.23. The molecule has 1 fully saturated rings. The van der Waals surface area contributed by atoms with E-state index in [4.69, 9.17) is 4.42 Å². The Morgan fingerprint density at radius 1 is 1.07 bits per heavy atom. The van der Waals surface area contributed by atoms with Gasteiger partial charge in [0.25, 0.3) is 5.91 Å². The summed E-state index contributed by atoms with van der Waals surface area (Å²) in [6, 6.07) is 13.4. The van der Waals surface area contributed by atoms with Gasteiger partial charge in [-0.15, -0.1) is 10.2 Å². The van der Waals surface area contributed by atoms with Crippen LogP contribution in [0.15, 0.2) is 46.9 Å². The van der Waals surface area contributed by atoms with E-state index in [0.29, 0.717) is 17.0 Å². The van der Waals surface area contributed by atoms with Crippen LogP contribution in [0.1, 0.15) is 34.7 Å². The van der Waals surface area contributed by atoms with Crippen LogP contribution in [0, 0.1) is 13.8 Å². The summed E-state index contributed by atoms with van der Waals surface area (Å²) in [5.74, 6) is 2.08. The van der Waals surface area contributed by atoms with Gasteiger partial charge in [-0.2, -0.15) is 0 Å². The zero-order valence-corrected chi connectivity index (χ0v) is 15.5. The third kappa shape index (κ3) is 3.69. The first-order chi connectivity index (χ1) is 13.1. The number of nitrogens with one attached hydrogen (secondary N) is 1. The molecule has 3 aromatic rings. The van der Waals surface area contributed by atoms with Crippen LogP contribution in [-0.4, -0.2) is 29.2 Å². The molecule has 0 unspecified atom stereocenters. The van der Waals surface area contributed by atoms with E-state index in [-0.39, 0.29) is 5.91 Å². The summed E-state index contributed by atoms with van der Waals surface area (Å²) in [6.07, 6.45) is 2.42. The van der Waals surface area contributed by atoms with E-state index < -0.39 is 0 Å². The van der Waals surface area contributed by atoms with E-state index in [1.165, 1.54) is 12.8 Å². The SMILES string of the molecule is Cc1cc(C(=O)Nc2cccc(-c3ccc(N4CCCC4)nn3)c2)c(C)o1. The highest BCUT2D eigenvalue weighted by atomic mass is 16.3. The minimum atomic E-state index is -0.183. The van der Waals surface area contributed by atoms with Gasteiger partial charge >= 0.3 is 0 Å². The van der Waals surface area contributed by atoms with Crippen LogP contribution in [0.2, 0.25) is 0 Å². The van der Waals surface area contributed by atoms with Gasteiger partial charge in [-0.3, -0.25) is 4.79 Å². The average molecular weight is 362 g/mol. The smallest absolute Gasteiger partial charge is 0.259 e. The Kier molecular flexibility index (Phi) is 4.62. The van der Waals surface area contributed by atoms with Gasteiger partial charge in [0.2, 0.25) is 0 Å². The first kappa shape index (κ1) is 17.3. The van der Waals surface area contributed by atoms with Gasteiger partial charge in [0, 0.05) is 24.3 Å². The third-order valence-corrected chi connectivity index (χ3v) is 4.78. The van der Waals surface area contributed by atoms with Crippen LogP contribution in [0.3, 0.4) is 0 Å². The highest BCUT2D eigenvalue weighted by Gasteiger charge is 2.15. The van der Waals surface area contributed by atoms with Crippen molar-refractivity contribution in [2.24, 2.45) is 0 Å². The lowest BCUT2D eigenvalue weighted by atomic mass is 10.1. The van der Waals surface area contributed by atoms with E-state index in [0.717, 1.165) is 35.9 Å². The topological polar surface area (TPSA) is 71.3 Å². The molecule has 1 aliphatic heterocycles. The normalized spacial score (nSPS) is 13.8. The van der Waals surface area contributed by atoms with E-state index in [2.05, 4.69) is 20.4 Å².